The topological polar surface area (TPSA) is 55.2 Å². The van der Waals surface area contributed by atoms with E-state index in [1.165, 1.54) is 25.9 Å². The summed E-state index contributed by atoms with van der Waals surface area (Å²) in [6, 6.07) is 0. The molecule has 1 fully saturated rings. The third-order valence-electron chi connectivity index (χ3n) is 3.66. The Kier molecular flexibility index (Phi) is 7.12. The smallest absolute Gasteiger partial charge is 0.0964 e. The minimum absolute atomic E-state index is 0.657. The van der Waals surface area contributed by atoms with Crippen LogP contribution in [0.4, 0.5) is 0 Å². The molecule has 0 aromatic carbocycles. The Labute approximate surface area is 127 Å². The van der Waals surface area contributed by atoms with Gasteiger partial charge in [0.1, 0.15) is 0 Å². The van der Waals surface area contributed by atoms with Crippen LogP contribution < -0.4 is 5.32 Å². The second kappa shape index (κ2) is 9.12. The second-order valence-electron chi connectivity index (χ2n) is 6.16. The third kappa shape index (κ3) is 6.54. The molecule has 0 atom stereocenters. The van der Waals surface area contributed by atoms with E-state index >= 15 is 0 Å². The van der Waals surface area contributed by atoms with Gasteiger partial charge in [0.05, 0.1) is 25.5 Å². The van der Waals surface area contributed by atoms with Crippen molar-refractivity contribution in [3.8, 4) is 0 Å². The van der Waals surface area contributed by atoms with Gasteiger partial charge in [-0.15, -0.1) is 5.10 Å². The normalized spacial score (nSPS) is 16.1. The predicted octanol–water partition coefficient (Wildman–Crippen LogP) is 1.14. The first-order chi connectivity index (χ1) is 10.2. The molecule has 0 bridgehead atoms. The molecular weight excluding hydrogens is 266 g/mol. The molecule has 1 saturated heterocycles. The lowest BCUT2D eigenvalue weighted by molar-refractivity contribution is 0.102. The fourth-order valence-electron chi connectivity index (χ4n) is 2.48. The third-order valence-corrected chi connectivity index (χ3v) is 3.66. The van der Waals surface area contributed by atoms with Gasteiger partial charge in [-0.1, -0.05) is 19.1 Å². The van der Waals surface area contributed by atoms with Crippen LogP contribution in [0.1, 0.15) is 32.4 Å². The number of hydrogen-bond donors (Lipinski definition) is 1. The summed E-state index contributed by atoms with van der Waals surface area (Å²) in [5, 5.41) is 11.7. The lowest BCUT2D eigenvalue weighted by Gasteiger charge is -2.14. The lowest BCUT2D eigenvalue weighted by atomic mass is 10.2. The molecule has 2 heterocycles. The second-order valence-corrected chi connectivity index (χ2v) is 6.16. The van der Waals surface area contributed by atoms with Crippen LogP contribution in [0.15, 0.2) is 6.20 Å². The van der Waals surface area contributed by atoms with E-state index in [0.717, 1.165) is 38.5 Å². The van der Waals surface area contributed by atoms with Crippen LogP contribution in [0.2, 0.25) is 0 Å². The van der Waals surface area contributed by atoms with Gasteiger partial charge in [-0.25, -0.2) is 4.68 Å². The summed E-state index contributed by atoms with van der Waals surface area (Å²) in [4.78, 5) is 2.47. The monoisotopic (exact) mass is 295 g/mol. The van der Waals surface area contributed by atoms with E-state index in [1.54, 1.807) is 0 Å². The van der Waals surface area contributed by atoms with E-state index in [2.05, 4.69) is 34.4 Å². The quantitative estimate of drug-likeness (QED) is 0.656. The van der Waals surface area contributed by atoms with E-state index in [9.17, 15) is 0 Å². The number of likely N-dealkylation sites (tertiary alicyclic amines) is 1. The SMILES string of the molecule is CC(C)CNCc1cn(CCOCCN2CCCC2)nn1. The number of hydrogen-bond acceptors (Lipinski definition) is 5. The van der Waals surface area contributed by atoms with Crippen LogP contribution in [0.3, 0.4) is 0 Å². The summed E-state index contributed by atoms with van der Waals surface area (Å²) in [5.41, 5.74) is 0.993. The van der Waals surface area contributed by atoms with Crippen LogP contribution in [0.25, 0.3) is 0 Å². The highest BCUT2D eigenvalue weighted by molar-refractivity contribution is 4.91. The Morgan fingerprint density at radius 1 is 1.24 bits per heavy atom. The highest BCUT2D eigenvalue weighted by atomic mass is 16.5. The Balaban J connectivity index is 1.53. The van der Waals surface area contributed by atoms with Crippen LogP contribution in [0.5, 0.6) is 0 Å². The van der Waals surface area contributed by atoms with Crippen molar-refractivity contribution in [3.63, 3.8) is 0 Å². The molecule has 0 unspecified atom stereocenters. The number of aromatic nitrogens is 3. The Morgan fingerprint density at radius 3 is 2.76 bits per heavy atom. The van der Waals surface area contributed by atoms with E-state index in [1.807, 2.05) is 10.9 Å². The number of ether oxygens (including phenoxy) is 1. The van der Waals surface area contributed by atoms with E-state index < -0.39 is 0 Å². The molecule has 1 aliphatic rings. The maximum Gasteiger partial charge on any atom is 0.0964 e. The average Bonchev–Trinajstić information content (AvgIpc) is 3.10. The van der Waals surface area contributed by atoms with Crippen LogP contribution in [-0.2, 0) is 17.8 Å². The van der Waals surface area contributed by atoms with Crippen molar-refractivity contribution >= 4 is 0 Å². The summed E-state index contributed by atoms with van der Waals surface area (Å²) in [7, 11) is 0. The summed E-state index contributed by atoms with van der Waals surface area (Å²) >= 11 is 0. The molecule has 21 heavy (non-hydrogen) atoms. The molecule has 6 heteroatoms. The fourth-order valence-corrected chi connectivity index (χ4v) is 2.48. The highest BCUT2D eigenvalue weighted by Crippen LogP contribution is 2.05. The Bertz CT molecular complexity index is 387. The van der Waals surface area contributed by atoms with Crippen molar-refractivity contribution in [2.45, 2.75) is 39.8 Å². The standard InChI is InChI=1S/C15H29N5O/c1-14(2)11-16-12-15-13-20(18-17-15)8-10-21-9-7-19-5-3-4-6-19/h13-14,16H,3-12H2,1-2H3. The molecule has 1 aromatic rings. The molecule has 2 rings (SSSR count). The van der Waals surface area contributed by atoms with Crippen molar-refractivity contribution in [1.29, 1.82) is 0 Å². The summed E-state index contributed by atoms with van der Waals surface area (Å²) < 4.78 is 7.54. The van der Waals surface area contributed by atoms with Crippen LogP contribution in [-0.4, -0.2) is 59.3 Å². The van der Waals surface area contributed by atoms with E-state index in [0.29, 0.717) is 12.5 Å². The zero-order valence-corrected chi connectivity index (χ0v) is 13.4. The minimum Gasteiger partial charge on any atom is -0.378 e. The molecule has 6 nitrogen and oxygen atoms in total. The van der Waals surface area contributed by atoms with Crippen molar-refractivity contribution in [2.75, 3.05) is 39.4 Å². The largest absolute Gasteiger partial charge is 0.378 e. The molecular formula is C15H29N5O. The van der Waals surface area contributed by atoms with Crippen molar-refractivity contribution in [3.05, 3.63) is 11.9 Å². The van der Waals surface area contributed by atoms with Crippen LogP contribution >= 0.6 is 0 Å². The first kappa shape index (κ1) is 16.4. The summed E-state index contributed by atoms with van der Waals surface area (Å²) in [5.74, 6) is 0.657. The van der Waals surface area contributed by atoms with E-state index in [-0.39, 0.29) is 0 Å². The fraction of sp³-hybridized carbons (Fsp3) is 0.867. The van der Waals surface area contributed by atoms with Gasteiger partial charge in [0.25, 0.3) is 0 Å². The molecule has 0 radical (unpaired) electrons. The van der Waals surface area contributed by atoms with Crippen LogP contribution in [0, 0.1) is 5.92 Å². The van der Waals surface area contributed by atoms with Gasteiger partial charge in [0.2, 0.25) is 0 Å². The zero-order chi connectivity index (χ0) is 14.9. The number of rotatable bonds is 10. The van der Waals surface area contributed by atoms with Gasteiger partial charge in [0, 0.05) is 19.3 Å². The molecule has 1 aromatic heterocycles. The maximum atomic E-state index is 5.68. The van der Waals surface area contributed by atoms with Crippen molar-refractivity contribution in [1.82, 2.24) is 25.2 Å². The maximum absolute atomic E-state index is 5.68. The minimum atomic E-state index is 0.657. The number of nitrogens with zero attached hydrogens (tertiary/aromatic N) is 4. The van der Waals surface area contributed by atoms with Gasteiger partial charge in [-0.3, -0.25) is 0 Å². The van der Waals surface area contributed by atoms with Gasteiger partial charge in [0.15, 0.2) is 0 Å². The average molecular weight is 295 g/mol. The number of nitrogens with one attached hydrogen (secondary N) is 1. The molecule has 1 N–H and O–H groups in total. The van der Waals surface area contributed by atoms with Gasteiger partial charge >= 0.3 is 0 Å². The summed E-state index contributed by atoms with van der Waals surface area (Å²) in [6.07, 6.45) is 4.68. The highest BCUT2D eigenvalue weighted by Gasteiger charge is 2.10. The molecule has 120 valence electrons. The first-order valence-electron chi connectivity index (χ1n) is 8.14. The van der Waals surface area contributed by atoms with Crippen molar-refractivity contribution < 1.29 is 4.74 Å². The lowest BCUT2D eigenvalue weighted by Crippen LogP contribution is -2.24. The zero-order valence-electron chi connectivity index (χ0n) is 13.4. The van der Waals surface area contributed by atoms with Gasteiger partial charge in [-0.05, 0) is 38.4 Å². The summed E-state index contributed by atoms with van der Waals surface area (Å²) in [6.45, 7) is 12.0. The molecule has 0 spiro atoms. The molecule has 0 aliphatic carbocycles. The first-order valence-corrected chi connectivity index (χ1v) is 8.14. The predicted molar refractivity (Wildman–Crippen MR) is 83.1 cm³/mol. The van der Waals surface area contributed by atoms with Gasteiger partial charge in [-0.2, -0.15) is 0 Å². The van der Waals surface area contributed by atoms with Crippen molar-refractivity contribution in [2.24, 2.45) is 5.92 Å². The Hall–Kier alpha value is -0.980. The van der Waals surface area contributed by atoms with Gasteiger partial charge < -0.3 is 15.0 Å². The Morgan fingerprint density at radius 2 is 2.00 bits per heavy atom. The van der Waals surface area contributed by atoms with E-state index in [4.69, 9.17) is 4.74 Å². The molecule has 0 amide bonds. The molecule has 1 aliphatic heterocycles. The molecule has 0 saturated carbocycles.